The van der Waals surface area contributed by atoms with Crippen molar-refractivity contribution in [2.24, 2.45) is 4.40 Å². The van der Waals surface area contributed by atoms with E-state index in [0.29, 0.717) is 5.56 Å². The Bertz CT molecular complexity index is 507. The summed E-state index contributed by atoms with van der Waals surface area (Å²) < 4.78 is 55.8. The Labute approximate surface area is 118 Å². The Kier molecular flexibility index (Phi) is 5.33. The fourth-order valence-corrected chi connectivity index (χ4v) is 1.65. The molecule has 0 saturated carbocycles. The first kappa shape index (κ1) is 16.7. The van der Waals surface area contributed by atoms with Gasteiger partial charge in [0.2, 0.25) is 0 Å². The fourth-order valence-electron chi connectivity index (χ4n) is 1.12. The minimum atomic E-state index is -4.38. The second-order valence-corrected chi connectivity index (χ2v) is 7.01. The topological polar surface area (TPSA) is 38.7 Å². The number of nitrogens with zero attached hydrogens (tertiary/aromatic N) is 1. The molecule has 1 aromatic carbocycles. The van der Waals surface area contributed by atoms with E-state index in [2.05, 4.69) is 9.13 Å². The number of halogens is 3. The molecule has 0 spiro atoms. The lowest BCUT2D eigenvalue weighted by atomic mass is 10.2. The predicted octanol–water partition coefficient (Wildman–Crippen LogP) is 3.51. The number of ether oxygens (including phenoxy) is 1. The molecule has 0 fully saturated rings. The van der Waals surface area contributed by atoms with Crippen LogP contribution < -0.4 is 4.74 Å². The SMILES string of the molecule is CC(C)(C)S(=O)N=Cc1cccc(OCC(F)(F)F)c1. The zero-order valence-corrected chi connectivity index (χ0v) is 12.2. The van der Waals surface area contributed by atoms with Crippen molar-refractivity contribution in [2.45, 2.75) is 31.7 Å². The third-order valence-electron chi connectivity index (χ3n) is 2.08. The van der Waals surface area contributed by atoms with Gasteiger partial charge in [-0.25, -0.2) is 4.21 Å². The molecule has 1 aromatic rings. The minimum absolute atomic E-state index is 0.0906. The molecule has 0 aliphatic carbocycles. The van der Waals surface area contributed by atoms with Gasteiger partial charge in [0.25, 0.3) is 0 Å². The Morgan fingerprint density at radius 2 is 1.95 bits per heavy atom. The van der Waals surface area contributed by atoms with E-state index in [0.717, 1.165) is 0 Å². The second-order valence-electron chi connectivity index (χ2n) is 5.07. The maximum absolute atomic E-state index is 12.0. The van der Waals surface area contributed by atoms with E-state index in [4.69, 9.17) is 0 Å². The van der Waals surface area contributed by atoms with Crippen molar-refractivity contribution >= 4 is 17.2 Å². The van der Waals surface area contributed by atoms with Crippen LogP contribution >= 0.6 is 0 Å². The van der Waals surface area contributed by atoms with Gasteiger partial charge in [0.15, 0.2) is 6.61 Å². The average molecular weight is 307 g/mol. The van der Waals surface area contributed by atoms with Crippen LogP contribution in [-0.4, -0.2) is 28.0 Å². The lowest BCUT2D eigenvalue weighted by molar-refractivity contribution is -0.153. The van der Waals surface area contributed by atoms with Crippen molar-refractivity contribution in [3.05, 3.63) is 29.8 Å². The molecule has 7 heteroatoms. The average Bonchev–Trinajstić information content (AvgIpc) is 2.32. The first-order valence-electron chi connectivity index (χ1n) is 5.83. The van der Waals surface area contributed by atoms with Gasteiger partial charge in [-0.05, 0) is 38.5 Å². The van der Waals surface area contributed by atoms with E-state index in [1.54, 1.807) is 32.9 Å². The summed E-state index contributed by atoms with van der Waals surface area (Å²) >= 11 is 0. The van der Waals surface area contributed by atoms with Gasteiger partial charge < -0.3 is 4.74 Å². The van der Waals surface area contributed by atoms with Crippen LogP contribution in [0, 0.1) is 0 Å². The molecule has 0 bridgehead atoms. The molecule has 0 heterocycles. The van der Waals surface area contributed by atoms with Gasteiger partial charge in [0.1, 0.15) is 16.7 Å². The zero-order chi connectivity index (χ0) is 15.4. The standard InChI is InChI=1S/C13H16F3NO2S/c1-12(2,3)20(18)17-8-10-5-4-6-11(7-10)19-9-13(14,15)16/h4-8H,9H2,1-3H3. The molecule has 0 aliphatic rings. The van der Waals surface area contributed by atoms with Crippen molar-refractivity contribution < 1.29 is 22.1 Å². The summed E-state index contributed by atoms with van der Waals surface area (Å²) in [6.45, 7) is 4.00. The molecule has 1 atom stereocenters. The highest BCUT2D eigenvalue weighted by Gasteiger charge is 2.28. The summed E-state index contributed by atoms with van der Waals surface area (Å²) in [5.41, 5.74) is 0.530. The van der Waals surface area contributed by atoms with Gasteiger partial charge in [-0.15, -0.1) is 0 Å². The normalized spacial score (nSPS) is 14.5. The van der Waals surface area contributed by atoms with Gasteiger partial charge in [-0.1, -0.05) is 12.1 Å². The monoisotopic (exact) mass is 307 g/mol. The molecule has 0 aliphatic heterocycles. The highest BCUT2D eigenvalue weighted by molar-refractivity contribution is 7.85. The van der Waals surface area contributed by atoms with E-state index in [1.165, 1.54) is 18.3 Å². The molecule has 3 nitrogen and oxygen atoms in total. The largest absolute Gasteiger partial charge is 0.484 e. The van der Waals surface area contributed by atoms with Gasteiger partial charge >= 0.3 is 6.18 Å². The van der Waals surface area contributed by atoms with Crippen LogP contribution in [-0.2, 0) is 11.0 Å². The summed E-state index contributed by atoms with van der Waals surface area (Å²) in [7, 11) is -1.41. The number of hydrogen-bond acceptors (Lipinski definition) is 2. The molecule has 0 radical (unpaired) electrons. The van der Waals surface area contributed by atoms with Gasteiger partial charge in [-0.3, -0.25) is 0 Å². The van der Waals surface area contributed by atoms with E-state index in [1.807, 2.05) is 0 Å². The molecule has 0 amide bonds. The second kappa shape index (κ2) is 6.39. The van der Waals surface area contributed by atoms with Crippen LogP contribution in [0.5, 0.6) is 5.75 Å². The van der Waals surface area contributed by atoms with Crippen LogP contribution in [0.25, 0.3) is 0 Å². The summed E-state index contributed by atoms with van der Waals surface area (Å²) in [4.78, 5) is 0. The van der Waals surface area contributed by atoms with E-state index < -0.39 is 28.5 Å². The summed E-state index contributed by atoms with van der Waals surface area (Å²) in [6, 6.07) is 6.02. The van der Waals surface area contributed by atoms with Crippen molar-refractivity contribution in [1.82, 2.24) is 0 Å². The maximum Gasteiger partial charge on any atom is 0.422 e. The summed E-state index contributed by atoms with van der Waals surface area (Å²) in [6.07, 6.45) is -3.01. The number of alkyl halides is 3. The third kappa shape index (κ3) is 6.18. The maximum atomic E-state index is 12.0. The molecule has 0 saturated heterocycles. The first-order valence-corrected chi connectivity index (χ1v) is 6.94. The van der Waals surface area contributed by atoms with Crippen molar-refractivity contribution in [3.8, 4) is 5.75 Å². The summed E-state index contributed by atoms with van der Waals surface area (Å²) in [5.74, 6) is 0.0906. The van der Waals surface area contributed by atoms with E-state index >= 15 is 0 Å². The van der Waals surface area contributed by atoms with Crippen LogP contribution in [0.15, 0.2) is 28.7 Å². The molecule has 20 heavy (non-hydrogen) atoms. The van der Waals surface area contributed by atoms with Crippen LogP contribution in [0.1, 0.15) is 26.3 Å². The van der Waals surface area contributed by atoms with E-state index in [9.17, 15) is 17.4 Å². The fraction of sp³-hybridized carbons (Fsp3) is 0.462. The number of rotatable bonds is 4. The van der Waals surface area contributed by atoms with Crippen molar-refractivity contribution in [1.29, 1.82) is 0 Å². The first-order chi connectivity index (χ1) is 9.08. The minimum Gasteiger partial charge on any atom is -0.484 e. The zero-order valence-electron chi connectivity index (χ0n) is 11.4. The van der Waals surface area contributed by atoms with Gasteiger partial charge in [0.05, 0.1) is 4.75 Å². The Morgan fingerprint density at radius 1 is 1.30 bits per heavy atom. The molecule has 112 valence electrons. The van der Waals surface area contributed by atoms with E-state index in [-0.39, 0.29) is 5.75 Å². The van der Waals surface area contributed by atoms with Crippen molar-refractivity contribution in [2.75, 3.05) is 6.61 Å². The number of hydrogen-bond donors (Lipinski definition) is 0. The third-order valence-corrected chi connectivity index (χ3v) is 3.43. The number of benzene rings is 1. The Balaban J connectivity index is 2.74. The molecular weight excluding hydrogens is 291 g/mol. The molecule has 1 unspecified atom stereocenters. The summed E-state index contributed by atoms with van der Waals surface area (Å²) in [5, 5.41) is 0. The smallest absolute Gasteiger partial charge is 0.422 e. The van der Waals surface area contributed by atoms with Gasteiger partial charge in [-0.2, -0.15) is 17.6 Å². The highest BCUT2D eigenvalue weighted by Crippen LogP contribution is 2.19. The van der Waals surface area contributed by atoms with Crippen LogP contribution in [0.4, 0.5) is 13.2 Å². The lowest BCUT2D eigenvalue weighted by Gasteiger charge is -2.12. The van der Waals surface area contributed by atoms with Gasteiger partial charge in [0, 0.05) is 6.21 Å². The highest BCUT2D eigenvalue weighted by atomic mass is 32.2. The predicted molar refractivity (Wildman–Crippen MR) is 73.5 cm³/mol. The molecule has 1 rings (SSSR count). The van der Waals surface area contributed by atoms with Crippen LogP contribution in [0.3, 0.4) is 0 Å². The Morgan fingerprint density at radius 3 is 2.50 bits per heavy atom. The van der Waals surface area contributed by atoms with Crippen LogP contribution in [0.2, 0.25) is 0 Å². The molecule has 0 aromatic heterocycles. The lowest BCUT2D eigenvalue weighted by Crippen LogP contribution is -2.19. The molecular formula is C13H16F3NO2S. The molecule has 0 N–H and O–H groups in total. The van der Waals surface area contributed by atoms with Crippen molar-refractivity contribution in [3.63, 3.8) is 0 Å². The Hall–Kier alpha value is -1.37. The quantitative estimate of drug-likeness (QED) is 0.798.